The van der Waals surface area contributed by atoms with Gasteiger partial charge in [0.15, 0.2) is 0 Å². The quantitative estimate of drug-likeness (QED) is 0.789. The molecule has 0 amide bonds. The van der Waals surface area contributed by atoms with Gasteiger partial charge in [-0.3, -0.25) is 0 Å². The lowest BCUT2D eigenvalue weighted by molar-refractivity contribution is 0.112. The molecule has 1 aromatic carbocycles. The number of hydrogen-bond acceptors (Lipinski definition) is 2. The van der Waals surface area contributed by atoms with Crippen LogP contribution >= 0.6 is 15.9 Å². The van der Waals surface area contributed by atoms with Crippen molar-refractivity contribution in [3.05, 3.63) is 34.3 Å². The van der Waals surface area contributed by atoms with Crippen molar-refractivity contribution in [3.8, 4) is 0 Å². The fourth-order valence-corrected chi connectivity index (χ4v) is 3.77. The molecular formula is C17H26BrNO. The summed E-state index contributed by atoms with van der Waals surface area (Å²) in [7, 11) is 0. The van der Waals surface area contributed by atoms with Gasteiger partial charge in [0.05, 0.1) is 6.10 Å². The summed E-state index contributed by atoms with van der Waals surface area (Å²) in [5, 5.41) is 10.6. The lowest BCUT2D eigenvalue weighted by Crippen LogP contribution is -2.28. The summed E-state index contributed by atoms with van der Waals surface area (Å²) in [6.07, 6.45) is 8.48. The molecule has 2 nitrogen and oxygen atoms in total. The molecule has 112 valence electrons. The molecule has 2 unspecified atom stereocenters. The second-order valence-corrected chi connectivity index (χ2v) is 6.97. The Bertz CT molecular complexity index is 402. The third kappa shape index (κ3) is 4.57. The molecule has 3 N–H and O–H groups in total. The van der Waals surface area contributed by atoms with E-state index in [2.05, 4.69) is 28.1 Å². The van der Waals surface area contributed by atoms with E-state index < -0.39 is 0 Å². The average molecular weight is 340 g/mol. The molecule has 0 radical (unpaired) electrons. The highest BCUT2D eigenvalue weighted by molar-refractivity contribution is 9.10. The molecule has 0 aromatic heterocycles. The average Bonchev–Trinajstić information content (AvgIpc) is 2.68. The number of halogens is 1. The summed E-state index contributed by atoms with van der Waals surface area (Å²) < 4.78 is 1.05. The van der Waals surface area contributed by atoms with Crippen LogP contribution in [0.25, 0.3) is 0 Å². The van der Waals surface area contributed by atoms with Crippen molar-refractivity contribution in [2.45, 2.75) is 57.0 Å². The van der Waals surface area contributed by atoms with E-state index in [9.17, 15) is 5.11 Å². The van der Waals surface area contributed by atoms with Gasteiger partial charge in [-0.25, -0.2) is 0 Å². The van der Waals surface area contributed by atoms with Crippen molar-refractivity contribution in [1.82, 2.24) is 0 Å². The van der Waals surface area contributed by atoms with Crippen molar-refractivity contribution in [3.63, 3.8) is 0 Å². The Hall–Kier alpha value is -0.380. The molecule has 0 saturated heterocycles. The van der Waals surface area contributed by atoms with E-state index in [1.54, 1.807) is 0 Å². The molecule has 1 aromatic rings. The summed E-state index contributed by atoms with van der Waals surface area (Å²) in [5.41, 5.74) is 7.06. The Labute approximate surface area is 130 Å². The van der Waals surface area contributed by atoms with Gasteiger partial charge in [0.25, 0.3) is 0 Å². The van der Waals surface area contributed by atoms with E-state index >= 15 is 0 Å². The zero-order valence-electron chi connectivity index (χ0n) is 12.1. The van der Waals surface area contributed by atoms with Gasteiger partial charge in [0.2, 0.25) is 0 Å². The highest BCUT2D eigenvalue weighted by Gasteiger charge is 2.24. The van der Waals surface area contributed by atoms with Gasteiger partial charge in [-0.1, -0.05) is 66.6 Å². The first-order chi connectivity index (χ1) is 9.70. The number of hydrogen-bond donors (Lipinski definition) is 2. The van der Waals surface area contributed by atoms with Gasteiger partial charge in [0, 0.05) is 16.9 Å². The van der Waals surface area contributed by atoms with Crippen LogP contribution in [0.5, 0.6) is 0 Å². The van der Waals surface area contributed by atoms with Crippen LogP contribution in [-0.2, 0) is 0 Å². The van der Waals surface area contributed by atoms with Crippen LogP contribution in [0.2, 0.25) is 0 Å². The maximum Gasteiger partial charge on any atom is 0.0623 e. The predicted octanol–water partition coefficient (Wildman–Crippen LogP) is 4.21. The minimum Gasteiger partial charge on any atom is -0.392 e. The molecule has 1 fully saturated rings. The van der Waals surface area contributed by atoms with Crippen LogP contribution in [-0.4, -0.2) is 17.8 Å². The van der Waals surface area contributed by atoms with Crippen molar-refractivity contribution in [2.24, 2.45) is 11.7 Å². The maximum absolute atomic E-state index is 10.6. The third-order valence-electron chi connectivity index (χ3n) is 4.54. The molecule has 2 rings (SSSR count). The zero-order chi connectivity index (χ0) is 14.4. The standard InChI is InChI=1S/C17H26BrNO/c18-15-9-5-8-14(11-15)16(12-19)17(20)10-13-6-3-1-2-4-7-13/h5,8-9,11,13,16-17,20H,1-4,6-7,10,12,19H2. The third-order valence-corrected chi connectivity index (χ3v) is 5.04. The minimum atomic E-state index is -0.322. The van der Waals surface area contributed by atoms with Gasteiger partial charge in [0.1, 0.15) is 0 Å². The largest absolute Gasteiger partial charge is 0.392 e. The van der Waals surface area contributed by atoms with Crippen molar-refractivity contribution >= 4 is 15.9 Å². The monoisotopic (exact) mass is 339 g/mol. The van der Waals surface area contributed by atoms with Crippen LogP contribution in [0.3, 0.4) is 0 Å². The number of aliphatic hydroxyl groups excluding tert-OH is 1. The van der Waals surface area contributed by atoms with E-state index in [0.717, 1.165) is 16.5 Å². The zero-order valence-corrected chi connectivity index (χ0v) is 13.7. The van der Waals surface area contributed by atoms with Gasteiger partial charge >= 0.3 is 0 Å². The Kier molecular flexibility index (Phi) is 6.53. The predicted molar refractivity (Wildman–Crippen MR) is 87.8 cm³/mol. The van der Waals surface area contributed by atoms with Crippen molar-refractivity contribution in [2.75, 3.05) is 6.54 Å². The normalized spacial score (nSPS) is 20.4. The Morgan fingerprint density at radius 3 is 2.50 bits per heavy atom. The van der Waals surface area contributed by atoms with Crippen LogP contribution < -0.4 is 5.73 Å². The van der Waals surface area contributed by atoms with E-state index in [4.69, 9.17) is 5.73 Å². The molecular weight excluding hydrogens is 314 g/mol. The fourth-order valence-electron chi connectivity index (χ4n) is 3.36. The molecule has 1 aliphatic carbocycles. The van der Waals surface area contributed by atoms with Crippen molar-refractivity contribution in [1.29, 1.82) is 0 Å². The molecule has 20 heavy (non-hydrogen) atoms. The minimum absolute atomic E-state index is 0.0516. The molecule has 3 heteroatoms. The first kappa shape index (κ1) is 16.0. The van der Waals surface area contributed by atoms with Crippen molar-refractivity contribution < 1.29 is 5.11 Å². The summed E-state index contributed by atoms with van der Waals surface area (Å²) in [4.78, 5) is 0. The van der Waals surface area contributed by atoms with E-state index in [1.165, 1.54) is 38.5 Å². The van der Waals surface area contributed by atoms with Crippen LogP contribution in [0, 0.1) is 5.92 Å². The second kappa shape index (κ2) is 8.16. The van der Waals surface area contributed by atoms with E-state index in [0.29, 0.717) is 12.5 Å². The van der Waals surface area contributed by atoms with Gasteiger partial charge in [-0.05, 0) is 30.0 Å². The number of benzene rings is 1. The van der Waals surface area contributed by atoms with E-state index in [1.807, 2.05) is 12.1 Å². The molecule has 0 aliphatic heterocycles. The van der Waals surface area contributed by atoms with E-state index in [-0.39, 0.29) is 12.0 Å². The summed E-state index contributed by atoms with van der Waals surface area (Å²) in [6, 6.07) is 8.17. The highest BCUT2D eigenvalue weighted by atomic mass is 79.9. The second-order valence-electron chi connectivity index (χ2n) is 6.06. The summed E-state index contributed by atoms with van der Waals surface area (Å²) in [6.45, 7) is 0.504. The van der Waals surface area contributed by atoms with Gasteiger partial charge < -0.3 is 10.8 Å². The fraction of sp³-hybridized carbons (Fsp3) is 0.647. The molecule has 1 aliphatic rings. The SMILES string of the molecule is NCC(c1cccc(Br)c1)C(O)CC1CCCCCC1. The maximum atomic E-state index is 10.6. The number of rotatable bonds is 5. The Morgan fingerprint density at radius 2 is 1.90 bits per heavy atom. The van der Waals surface area contributed by atoms with Gasteiger partial charge in [-0.15, -0.1) is 0 Å². The molecule has 2 atom stereocenters. The van der Waals surface area contributed by atoms with Crippen LogP contribution in [0.4, 0.5) is 0 Å². The van der Waals surface area contributed by atoms with Gasteiger partial charge in [-0.2, -0.15) is 0 Å². The van der Waals surface area contributed by atoms with Crippen LogP contribution in [0.1, 0.15) is 56.4 Å². The number of nitrogens with two attached hydrogens (primary N) is 1. The smallest absolute Gasteiger partial charge is 0.0623 e. The summed E-state index contributed by atoms with van der Waals surface area (Å²) >= 11 is 3.50. The topological polar surface area (TPSA) is 46.2 Å². The number of aliphatic hydroxyl groups is 1. The summed E-state index contributed by atoms with van der Waals surface area (Å²) in [5.74, 6) is 0.726. The molecule has 1 saturated carbocycles. The molecule has 0 bridgehead atoms. The van der Waals surface area contributed by atoms with Crippen LogP contribution in [0.15, 0.2) is 28.7 Å². The Balaban J connectivity index is 1.99. The Morgan fingerprint density at radius 1 is 1.20 bits per heavy atom. The molecule has 0 heterocycles. The lowest BCUT2D eigenvalue weighted by atomic mass is 9.85. The first-order valence-electron chi connectivity index (χ1n) is 7.84. The molecule has 0 spiro atoms. The highest BCUT2D eigenvalue weighted by Crippen LogP contribution is 2.31. The lowest BCUT2D eigenvalue weighted by Gasteiger charge is -2.26. The first-order valence-corrected chi connectivity index (χ1v) is 8.63.